The van der Waals surface area contributed by atoms with Gasteiger partial charge in [-0.1, -0.05) is 25.8 Å². The van der Waals surface area contributed by atoms with Gasteiger partial charge in [-0.05, 0) is 0 Å². The Labute approximate surface area is 185 Å². The summed E-state index contributed by atoms with van der Waals surface area (Å²) >= 11 is 1.30. The molecule has 0 aliphatic heterocycles. The minimum atomic E-state index is 0. The molecule has 0 spiro atoms. The van der Waals surface area contributed by atoms with Crippen molar-refractivity contribution in [1.82, 2.24) is 0 Å². The summed E-state index contributed by atoms with van der Waals surface area (Å²) < 4.78 is 3.34. The Balaban J connectivity index is -0.0000000734. The van der Waals surface area contributed by atoms with Crippen LogP contribution in [-0.4, -0.2) is 25.4 Å². The normalized spacial score (nSPS) is 8.76. The van der Waals surface area contributed by atoms with E-state index in [-0.39, 0.29) is 38.8 Å². The number of benzene rings is 1. The largest absolute Gasteiger partial charge is 0.358 e. The molecule has 0 atom stereocenters. The Morgan fingerprint density at radius 1 is 1.24 bits per heavy atom. The van der Waals surface area contributed by atoms with Crippen molar-refractivity contribution >= 4 is 49.3 Å². The molecule has 0 fully saturated rings. The van der Waals surface area contributed by atoms with E-state index in [1.165, 1.54) is 35.0 Å². The van der Waals surface area contributed by atoms with Crippen molar-refractivity contribution in [3.63, 3.8) is 0 Å². The Kier molecular flexibility index (Phi) is 45.3. The van der Waals surface area contributed by atoms with Crippen LogP contribution in [0.15, 0.2) is 60.7 Å². The summed E-state index contributed by atoms with van der Waals surface area (Å²) in [6, 6.07) is 14.7. The Hall–Kier alpha value is -0.180. The van der Waals surface area contributed by atoms with Crippen LogP contribution < -0.4 is 0 Å². The van der Waals surface area contributed by atoms with Crippen LogP contribution in [0, 0.1) is 20.4 Å². The number of aliphatic hydroxyl groups excluding tert-OH is 1. The fraction of sp³-hybridized carbons (Fsp3) is 0.200. The smallest absolute Gasteiger partial charge is 0.0809 e. The predicted octanol–water partition coefficient (Wildman–Crippen LogP) is 5.72. The molecule has 3 rings (SSSR count). The zero-order valence-corrected chi connectivity index (χ0v) is 20.5. The second kappa shape index (κ2) is 31.6. The second-order valence-electron chi connectivity index (χ2n) is 3.88. The van der Waals surface area contributed by atoms with Gasteiger partial charge in [-0.2, -0.15) is 23.6 Å². The molecule has 2 aromatic rings. The van der Waals surface area contributed by atoms with Gasteiger partial charge in [0, 0.05) is 9.52 Å². The number of halogens is 2. The number of hydrogen-bond acceptors (Lipinski definition) is 1. The van der Waals surface area contributed by atoms with Gasteiger partial charge in [-0.3, -0.25) is 6.08 Å². The molecule has 5 heteroatoms. The topological polar surface area (TPSA) is 20.2 Å². The van der Waals surface area contributed by atoms with Gasteiger partial charge in [-0.25, -0.2) is 12.2 Å². The first-order chi connectivity index (χ1) is 10.8. The van der Waals surface area contributed by atoms with Crippen LogP contribution in [0.4, 0.5) is 0 Å². The van der Waals surface area contributed by atoms with E-state index in [9.17, 15) is 0 Å². The zero-order chi connectivity index (χ0) is 17.1. The molecule has 0 bridgehead atoms. The van der Waals surface area contributed by atoms with Crippen LogP contribution in [0.25, 0.3) is 10.8 Å². The van der Waals surface area contributed by atoms with Crippen molar-refractivity contribution in [2.75, 3.05) is 6.61 Å². The third-order valence-corrected chi connectivity index (χ3v) is 2.13. The molecule has 142 valence electrons. The number of allylic oxidation sites excluding steroid dienone is 4. The van der Waals surface area contributed by atoms with E-state index >= 15 is 0 Å². The summed E-state index contributed by atoms with van der Waals surface area (Å²) in [5, 5.41) is 10.1. The first-order valence-corrected chi connectivity index (χ1v) is 10.7. The van der Waals surface area contributed by atoms with E-state index in [4.69, 9.17) is 5.11 Å². The minimum Gasteiger partial charge on any atom is -0.358 e. The van der Waals surface area contributed by atoms with Crippen LogP contribution in [0.1, 0.15) is 6.42 Å². The minimum absolute atomic E-state index is 0. The van der Waals surface area contributed by atoms with Crippen molar-refractivity contribution in [3.05, 3.63) is 81.1 Å². The third-order valence-electron chi connectivity index (χ3n) is 2.13. The fourth-order valence-electron chi connectivity index (χ4n) is 1.41. The van der Waals surface area contributed by atoms with Crippen molar-refractivity contribution in [2.24, 2.45) is 0 Å². The predicted molar refractivity (Wildman–Crippen MR) is 119 cm³/mol. The zero-order valence-electron chi connectivity index (χ0n) is 15.4. The maximum absolute atomic E-state index is 7.46. The Morgan fingerprint density at radius 3 is 2.12 bits per heavy atom. The summed E-state index contributed by atoms with van der Waals surface area (Å²) in [6.07, 6.45) is 10.0. The van der Waals surface area contributed by atoms with Crippen molar-refractivity contribution in [1.29, 1.82) is 0 Å². The third kappa shape index (κ3) is 23.8. The summed E-state index contributed by atoms with van der Waals surface area (Å²) in [5.41, 5.74) is 0. The van der Waals surface area contributed by atoms with Gasteiger partial charge >= 0.3 is 28.4 Å². The molecule has 1 aliphatic rings. The van der Waals surface area contributed by atoms with Crippen LogP contribution in [0.5, 0.6) is 0 Å². The maximum Gasteiger partial charge on any atom is -0.0809 e. The molecule has 1 N–H and O–H groups in total. The number of hydrogen-bond donors (Lipinski definition) is 1. The summed E-state index contributed by atoms with van der Waals surface area (Å²) in [6.45, 7) is 7.35. The molecule has 0 unspecified atom stereocenters. The van der Waals surface area contributed by atoms with E-state index in [0.717, 1.165) is 15.9 Å². The van der Waals surface area contributed by atoms with Gasteiger partial charge < -0.3 is 19.5 Å². The Bertz CT molecular complexity index is 471. The van der Waals surface area contributed by atoms with Crippen LogP contribution >= 0.6 is 24.8 Å². The molecule has 2 radical (unpaired) electrons. The monoisotopic (exact) mass is 474 g/mol. The van der Waals surface area contributed by atoms with E-state index in [1.807, 2.05) is 12.2 Å². The fourth-order valence-corrected chi connectivity index (χ4v) is 1.41. The van der Waals surface area contributed by atoms with Gasteiger partial charge in [0.2, 0.25) is 0 Å². The number of rotatable bonds is 0. The van der Waals surface area contributed by atoms with E-state index < -0.39 is 0 Å². The van der Waals surface area contributed by atoms with Crippen molar-refractivity contribution in [3.8, 4) is 0 Å². The van der Waals surface area contributed by atoms with Gasteiger partial charge in [0.15, 0.2) is 0 Å². The molecule has 1 aliphatic carbocycles. The SMILES string of the molecule is C[Si]C.Cl.Cl.[C-]1=CC=CC1.[CH2-]CO.[CH2]=[Zr].[CH3-].c1ccc2[cH-]ccc2c1. The second-order valence-corrected chi connectivity index (χ2v) is 4.88. The maximum atomic E-state index is 7.46. The van der Waals surface area contributed by atoms with Gasteiger partial charge in [0.05, 0.1) is 0 Å². The first kappa shape index (κ1) is 35.8. The molecule has 0 aromatic heterocycles. The molecule has 2 aromatic carbocycles. The summed E-state index contributed by atoms with van der Waals surface area (Å²) in [7, 11) is 1.08. The molecular weight excluding hydrogens is 446 g/mol. The average Bonchev–Trinajstić information content (AvgIpc) is 3.25. The molecule has 0 saturated heterocycles. The van der Waals surface area contributed by atoms with Crippen molar-refractivity contribution < 1.29 is 29.3 Å². The first-order valence-electron chi connectivity index (χ1n) is 6.96. The summed E-state index contributed by atoms with van der Waals surface area (Å²) in [5.74, 6) is 0. The molecular formula is C20H30Cl2OSiZr-4. The quantitative estimate of drug-likeness (QED) is 0.381. The Morgan fingerprint density at radius 2 is 1.76 bits per heavy atom. The van der Waals surface area contributed by atoms with E-state index in [1.54, 1.807) is 0 Å². The van der Waals surface area contributed by atoms with E-state index in [0.29, 0.717) is 0 Å². The number of fused-ring (bicyclic) bond motifs is 1. The van der Waals surface area contributed by atoms with Crippen LogP contribution in [0.2, 0.25) is 13.1 Å². The van der Waals surface area contributed by atoms with Crippen molar-refractivity contribution in [2.45, 2.75) is 19.5 Å². The molecule has 0 saturated carbocycles. The molecule has 25 heavy (non-hydrogen) atoms. The van der Waals surface area contributed by atoms with Gasteiger partial charge in [0.1, 0.15) is 0 Å². The standard InChI is InChI=1S/C9H7.C5H5.C2H5O.C2H6Si.CH3.CH2.2ClH.Zr/c1-2-5-9-7-3-6-8(9)4-1;1-2-4-5-3-1;1-2-3;1-3-2;;;;;/h1-7H;1-3H,4H2;3H,1-2H2;1-2H3;1H3;1H2;2*1H;/q3*-1;;-1;;;;. The molecule has 0 heterocycles. The molecule has 0 amide bonds. The van der Waals surface area contributed by atoms with Gasteiger partial charge in [-0.15, -0.1) is 60.9 Å². The molecule has 1 nitrogen and oxygen atoms in total. The number of aliphatic hydroxyl groups is 1. The van der Waals surface area contributed by atoms with Crippen LogP contribution in [-0.2, 0) is 24.2 Å². The van der Waals surface area contributed by atoms with E-state index in [2.05, 4.69) is 78.8 Å². The summed E-state index contributed by atoms with van der Waals surface area (Å²) in [4.78, 5) is 0. The average molecular weight is 477 g/mol. The van der Waals surface area contributed by atoms with Gasteiger partial charge in [0.25, 0.3) is 0 Å². The van der Waals surface area contributed by atoms with Crippen LogP contribution in [0.3, 0.4) is 0 Å².